The molecule has 0 N–H and O–H groups in total. The number of pyridine rings is 1. The highest BCUT2D eigenvalue weighted by atomic mass is 16.7. The SMILES string of the molecule is CCOC1(OCC)C2c3c(C)ccc(C)c3C(C1C)[n+]1ccccc12. The number of hydrogen-bond donors (Lipinski definition) is 0. The quantitative estimate of drug-likeness (QED) is 0.620. The van der Waals surface area contributed by atoms with Gasteiger partial charge < -0.3 is 9.47 Å². The van der Waals surface area contributed by atoms with Crippen LogP contribution in [0, 0.1) is 19.8 Å². The number of benzene rings is 1. The summed E-state index contributed by atoms with van der Waals surface area (Å²) in [5, 5.41) is 0. The van der Waals surface area contributed by atoms with Crippen molar-refractivity contribution in [3.63, 3.8) is 0 Å². The van der Waals surface area contributed by atoms with E-state index in [0.717, 1.165) is 0 Å². The van der Waals surface area contributed by atoms with Gasteiger partial charge in [-0.05, 0) is 44.4 Å². The average molecular weight is 338 g/mol. The lowest BCUT2D eigenvalue weighted by Crippen LogP contribution is -2.67. The zero-order valence-corrected chi connectivity index (χ0v) is 15.9. The number of ether oxygens (including phenoxy) is 2. The first-order valence-corrected chi connectivity index (χ1v) is 9.44. The van der Waals surface area contributed by atoms with E-state index in [1.807, 2.05) is 0 Å². The smallest absolute Gasteiger partial charge is 0.194 e. The van der Waals surface area contributed by atoms with E-state index in [1.165, 1.54) is 27.9 Å². The summed E-state index contributed by atoms with van der Waals surface area (Å²) >= 11 is 0. The van der Waals surface area contributed by atoms with Crippen molar-refractivity contribution in [3.8, 4) is 0 Å². The molecule has 0 fully saturated rings. The molecule has 3 unspecified atom stereocenters. The molecule has 3 nitrogen and oxygen atoms in total. The molecule has 25 heavy (non-hydrogen) atoms. The third-order valence-corrected chi connectivity index (χ3v) is 6.08. The van der Waals surface area contributed by atoms with Gasteiger partial charge >= 0.3 is 0 Å². The second-order valence-corrected chi connectivity index (χ2v) is 7.31. The number of nitrogens with zero attached hydrogens (tertiary/aromatic N) is 1. The Morgan fingerprint density at radius 1 is 0.960 bits per heavy atom. The third-order valence-electron chi connectivity index (χ3n) is 6.08. The highest BCUT2D eigenvalue weighted by molar-refractivity contribution is 5.51. The van der Waals surface area contributed by atoms with E-state index in [9.17, 15) is 0 Å². The van der Waals surface area contributed by atoms with Crippen LogP contribution >= 0.6 is 0 Å². The normalized spacial score (nSPS) is 25.6. The molecule has 5 rings (SSSR count). The number of rotatable bonds is 4. The molecule has 2 bridgehead atoms. The van der Waals surface area contributed by atoms with Crippen LogP contribution < -0.4 is 4.57 Å². The minimum Gasteiger partial charge on any atom is -0.348 e. The van der Waals surface area contributed by atoms with E-state index < -0.39 is 5.79 Å². The summed E-state index contributed by atoms with van der Waals surface area (Å²) in [5.74, 6) is -0.255. The summed E-state index contributed by atoms with van der Waals surface area (Å²) in [7, 11) is 0. The monoisotopic (exact) mass is 338 g/mol. The Bertz CT molecular complexity index is 808. The van der Waals surface area contributed by atoms with Crippen LogP contribution in [-0.4, -0.2) is 19.0 Å². The molecule has 0 saturated heterocycles. The zero-order valence-electron chi connectivity index (χ0n) is 15.9. The predicted octanol–water partition coefficient (Wildman–Crippen LogP) is 4.04. The third kappa shape index (κ3) is 2.09. The molecule has 132 valence electrons. The maximum Gasteiger partial charge on any atom is 0.194 e. The van der Waals surface area contributed by atoms with Crippen LogP contribution in [0.25, 0.3) is 0 Å². The molecule has 3 atom stereocenters. The molecule has 0 radical (unpaired) electrons. The molecule has 1 aliphatic carbocycles. The van der Waals surface area contributed by atoms with E-state index in [0.29, 0.717) is 13.2 Å². The number of fused-ring (bicyclic) bond motifs is 1. The van der Waals surface area contributed by atoms with Gasteiger partial charge in [0.25, 0.3) is 0 Å². The van der Waals surface area contributed by atoms with Crippen LogP contribution in [0.15, 0.2) is 36.5 Å². The van der Waals surface area contributed by atoms with Gasteiger partial charge in [-0.15, -0.1) is 0 Å². The lowest BCUT2D eigenvalue weighted by Gasteiger charge is -2.52. The summed E-state index contributed by atoms with van der Waals surface area (Å²) < 4.78 is 15.3. The molecule has 3 heteroatoms. The molecule has 0 spiro atoms. The van der Waals surface area contributed by atoms with Gasteiger partial charge in [0.1, 0.15) is 5.92 Å². The molecule has 2 aliphatic heterocycles. The first kappa shape index (κ1) is 16.7. The fourth-order valence-electron chi connectivity index (χ4n) is 5.19. The summed E-state index contributed by atoms with van der Waals surface area (Å²) in [5.41, 5.74) is 6.88. The number of aromatic nitrogens is 1. The van der Waals surface area contributed by atoms with Gasteiger partial charge in [-0.2, -0.15) is 4.57 Å². The van der Waals surface area contributed by atoms with E-state index in [1.54, 1.807) is 0 Å². The maximum absolute atomic E-state index is 6.43. The minimum absolute atomic E-state index is 0.100. The Morgan fingerprint density at radius 2 is 1.60 bits per heavy atom. The summed E-state index contributed by atoms with van der Waals surface area (Å²) in [6.07, 6.45) is 2.22. The number of aryl methyl sites for hydroxylation is 2. The molecule has 1 aromatic heterocycles. The molecular formula is C22H28NO2+. The molecule has 3 heterocycles. The topological polar surface area (TPSA) is 22.3 Å². The van der Waals surface area contributed by atoms with Gasteiger partial charge in [-0.3, -0.25) is 0 Å². The predicted molar refractivity (Wildman–Crippen MR) is 97.7 cm³/mol. The van der Waals surface area contributed by atoms with Crippen molar-refractivity contribution < 1.29 is 14.0 Å². The van der Waals surface area contributed by atoms with Gasteiger partial charge in [0.2, 0.25) is 0 Å². The van der Waals surface area contributed by atoms with Gasteiger partial charge in [0.15, 0.2) is 23.7 Å². The van der Waals surface area contributed by atoms with Gasteiger partial charge in [0, 0.05) is 30.9 Å². The Labute approximate surface area is 150 Å². The van der Waals surface area contributed by atoms with Crippen LogP contribution in [0.3, 0.4) is 0 Å². The Balaban J connectivity index is 2.07. The number of hydrogen-bond acceptors (Lipinski definition) is 2. The largest absolute Gasteiger partial charge is 0.348 e. The van der Waals surface area contributed by atoms with Gasteiger partial charge in [-0.1, -0.05) is 25.1 Å². The molecule has 2 aromatic rings. The van der Waals surface area contributed by atoms with Crippen LogP contribution in [0.2, 0.25) is 0 Å². The first-order chi connectivity index (χ1) is 12.1. The molecule has 0 saturated carbocycles. The Hall–Kier alpha value is -1.71. The lowest BCUT2D eigenvalue weighted by atomic mass is 9.63. The van der Waals surface area contributed by atoms with Crippen molar-refractivity contribution in [1.82, 2.24) is 0 Å². The summed E-state index contributed by atoms with van der Waals surface area (Å²) in [6, 6.07) is 11.2. The minimum atomic E-state index is -0.596. The van der Waals surface area contributed by atoms with Crippen molar-refractivity contribution >= 4 is 0 Å². The van der Waals surface area contributed by atoms with Crippen LogP contribution in [0.5, 0.6) is 0 Å². The van der Waals surface area contributed by atoms with Crippen molar-refractivity contribution in [2.75, 3.05) is 13.2 Å². The van der Waals surface area contributed by atoms with Gasteiger partial charge in [-0.25, -0.2) is 0 Å². The van der Waals surface area contributed by atoms with Crippen LogP contribution in [0.4, 0.5) is 0 Å². The van der Waals surface area contributed by atoms with E-state index in [2.05, 4.69) is 75.7 Å². The van der Waals surface area contributed by atoms with Crippen molar-refractivity contribution in [3.05, 3.63) is 64.5 Å². The van der Waals surface area contributed by atoms with Crippen molar-refractivity contribution in [2.24, 2.45) is 5.92 Å². The Kier molecular flexibility index (Phi) is 3.97. The molecule has 3 aliphatic rings. The van der Waals surface area contributed by atoms with E-state index in [4.69, 9.17) is 9.47 Å². The maximum atomic E-state index is 6.43. The van der Waals surface area contributed by atoms with Crippen molar-refractivity contribution in [1.29, 1.82) is 0 Å². The highest BCUT2D eigenvalue weighted by Crippen LogP contribution is 2.57. The summed E-state index contributed by atoms with van der Waals surface area (Å²) in [4.78, 5) is 0. The molecule has 1 aromatic carbocycles. The Morgan fingerprint density at radius 3 is 2.24 bits per heavy atom. The first-order valence-electron chi connectivity index (χ1n) is 9.44. The molecular weight excluding hydrogens is 310 g/mol. The standard InChI is InChI=1S/C22H28NO2/c1-6-24-22(25-7-2)16(5)21-19-15(4)12-11-14(3)18(19)20(22)17-10-8-9-13-23(17)21/h8-13,16,20-21H,6-7H2,1-5H3/q+1. The lowest BCUT2D eigenvalue weighted by molar-refractivity contribution is -0.746. The van der Waals surface area contributed by atoms with E-state index in [-0.39, 0.29) is 17.9 Å². The zero-order chi connectivity index (χ0) is 17.8. The van der Waals surface area contributed by atoms with Crippen molar-refractivity contribution in [2.45, 2.75) is 52.4 Å². The average Bonchev–Trinajstić information content (AvgIpc) is 2.61. The second kappa shape index (κ2) is 5.93. The highest BCUT2D eigenvalue weighted by Gasteiger charge is 2.65. The van der Waals surface area contributed by atoms with Gasteiger partial charge in [0.05, 0.1) is 5.92 Å². The van der Waals surface area contributed by atoms with Crippen LogP contribution in [0.1, 0.15) is 60.7 Å². The fourth-order valence-corrected chi connectivity index (χ4v) is 5.19. The van der Waals surface area contributed by atoms with E-state index >= 15 is 0 Å². The molecule has 0 amide bonds. The van der Waals surface area contributed by atoms with Crippen LogP contribution in [-0.2, 0) is 9.47 Å². The summed E-state index contributed by atoms with van der Waals surface area (Å²) in [6.45, 7) is 12.2. The fraction of sp³-hybridized carbons (Fsp3) is 0.500. The second-order valence-electron chi connectivity index (χ2n) is 7.31.